The molecule has 4 atom stereocenters. The van der Waals surface area contributed by atoms with E-state index in [0.29, 0.717) is 12.1 Å². The summed E-state index contributed by atoms with van der Waals surface area (Å²) in [6.07, 6.45) is -4.31. The van der Waals surface area contributed by atoms with E-state index in [1.807, 2.05) is 0 Å². The standard InChI is InChI=1S/C17H23N3O7/c1-2-6-12(22)19-13-15(24)14(23)11(9-21)26-16(13)20-27-17(25)18-10-7-4-3-5-8-10/h3-5,7-8,11,13-15,21,23-24H,2,6,9H2,1H3,(H,18,25)(H,19,22)/b20-16-/t11-,13-,14-,15-/m1/s1. The van der Waals surface area contributed by atoms with E-state index in [0.717, 1.165) is 0 Å². The number of nitrogens with one attached hydrogen (secondary N) is 2. The number of benzene rings is 1. The third kappa shape index (κ3) is 5.64. The maximum absolute atomic E-state index is 11.9. The third-order valence-electron chi connectivity index (χ3n) is 3.82. The molecule has 1 saturated heterocycles. The van der Waals surface area contributed by atoms with Crippen LogP contribution in [0.15, 0.2) is 35.5 Å². The molecule has 1 fully saturated rings. The average Bonchev–Trinajstić information content (AvgIpc) is 2.66. The van der Waals surface area contributed by atoms with Crippen molar-refractivity contribution < 1.29 is 34.5 Å². The fourth-order valence-electron chi connectivity index (χ4n) is 2.45. The van der Waals surface area contributed by atoms with Crippen LogP contribution in [0.1, 0.15) is 19.8 Å². The predicted octanol–water partition coefficient (Wildman–Crippen LogP) is -0.0536. The molecular weight excluding hydrogens is 358 g/mol. The fraction of sp³-hybridized carbons (Fsp3) is 0.471. The molecule has 1 aliphatic rings. The van der Waals surface area contributed by atoms with Gasteiger partial charge >= 0.3 is 6.09 Å². The summed E-state index contributed by atoms with van der Waals surface area (Å²) in [6.45, 7) is 1.19. The van der Waals surface area contributed by atoms with Crippen molar-refractivity contribution in [1.29, 1.82) is 0 Å². The molecule has 0 unspecified atom stereocenters. The molecule has 0 aromatic heterocycles. The van der Waals surface area contributed by atoms with Crippen molar-refractivity contribution in [2.75, 3.05) is 11.9 Å². The van der Waals surface area contributed by atoms with Crippen LogP contribution in [0.25, 0.3) is 0 Å². The van der Waals surface area contributed by atoms with E-state index in [-0.39, 0.29) is 12.3 Å². The van der Waals surface area contributed by atoms with Gasteiger partial charge in [0.25, 0.3) is 5.90 Å². The van der Waals surface area contributed by atoms with Crippen molar-refractivity contribution in [3.63, 3.8) is 0 Å². The number of carbonyl (C=O) groups is 2. The van der Waals surface area contributed by atoms with Gasteiger partial charge in [-0.15, -0.1) is 0 Å². The third-order valence-corrected chi connectivity index (χ3v) is 3.82. The second-order valence-corrected chi connectivity index (χ2v) is 5.91. The first-order valence-corrected chi connectivity index (χ1v) is 8.50. The van der Waals surface area contributed by atoms with Gasteiger partial charge in [0.15, 0.2) is 6.10 Å². The number of aliphatic hydroxyl groups excluding tert-OH is 3. The van der Waals surface area contributed by atoms with Gasteiger partial charge in [0.05, 0.1) is 6.61 Å². The summed E-state index contributed by atoms with van der Waals surface area (Å²) in [7, 11) is 0. The number of hydrogen-bond donors (Lipinski definition) is 5. The number of ether oxygens (including phenoxy) is 1. The number of rotatable bonds is 6. The maximum atomic E-state index is 11.9. The van der Waals surface area contributed by atoms with Crippen molar-refractivity contribution in [2.45, 2.75) is 44.1 Å². The van der Waals surface area contributed by atoms with Crippen LogP contribution in [0.3, 0.4) is 0 Å². The number of para-hydroxylation sites is 1. The molecule has 0 radical (unpaired) electrons. The van der Waals surface area contributed by atoms with E-state index < -0.39 is 43.0 Å². The number of oxime groups is 1. The van der Waals surface area contributed by atoms with Crippen molar-refractivity contribution in [1.82, 2.24) is 5.32 Å². The topological polar surface area (TPSA) is 150 Å². The summed E-state index contributed by atoms with van der Waals surface area (Å²) in [5, 5.41) is 37.9. The summed E-state index contributed by atoms with van der Waals surface area (Å²) >= 11 is 0. The number of hydrogen-bond acceptors (Lipinski definition) is 8. The van der Waals surface area contributed by atoms with Gasteiger partial charge in [-0.05, 0) is 23.7 Å². The Morgan fingerprint density at radius 1 is 1.22 bits per heavy atom. The Morgan fingerprint density at radius 2 is 1.93 bits per heavy atom. The van der Waals surface area contributed by atoms with E-state index >= 15 is 0 Å². The zero-order valence-electron chi connectivity index (χ0n) is 14.7. The Hall–Kier alpha value is -2.69. The predicted molar refractivity (Wildman–Crippen MR) is 94.8 cm³/mol. The molecule has 1 aromatic rings. The van der Waals surface area contributed by atoms with E-state index in [2.05, 4.69) is 15.8 Å². The molecule has 1 aromatic carbocycles. The Morgan fingerprint density at radius 3 is 2.56 bits per heavy atom. The van der Waals surface area contributed by atoms with Crippen LogP contribution in [0, 0.1) is 0 Å². The molecule has 0 saturated carbocycles. The van der Waals surface area contributed by atoms with Gasteiger partial charge in [0.2, 0.25) is 5.91 Å². The first kappa shape index (κ1) is 20.6. The molecular formula is C17H23N3O7. The monoisotopic (exact) mass is 381 g/mol. The molecule has 0 aliphatic carbocycles. The minimum Gasteiger partial charge on any atom is -0.468 e. The molecule has 0 spiro atoms. The molecule has 1 aliphatic heterocycles. The van der Waals surface area contributed by atoms with Gasteiger partial charge in [0.1, 0.15) is 18.2 Å². The number of amides is 2. The summed E-state index contributed by atoms with van der Waals surface area (Å²) < 4.78 is 5.28. The van der Waals surface area contributed by atoms with Crippen LogP contribution in [0.5, 0.6) is 0 Å². The van der Waals surface area contributed by atoms with Gasteiger partial charge in [-0.2, -0.15) is 0 Å². The zero-order chi connectivity index (χ0) is 19.8. The van der Waals surface area contributed by atoms with Crippen LogP contribution < -0.4 is 10.6 Å². The Balaban J connectivity index is 2.10. The van der Waals surface area contributed by atoms with E-state index in [9.17, 15) is 24.9 Å². The first-order chi connectivity index (χ1) is 13.0. The van der Waals surface area contributed by atoms with Crippen LogP contribution in [0.2, 0.25) is 0 Å². The van der Waals surface area contributed by atoms with E-state index in [4.69, 9.17) is 9.57 Å². The van der Waals surface area contributed by atoms with Gasteiger partial charge in [-0.1, -0.05) is 25.1 Å². The Bertz CT molecular complexity index is 668. The number of nitrogens with zero attached hydrogens (tertiary/aromatic N) is 1. The lowest BCUT2D eigenvalue weighted by Crippen LogP contribution is -2.62. The highest BCUT2D eigenvalue weighted by Gasteiger charge is 2.44. The maximum Gasteiger partial charge on any atom is 0.437 e. The highest BCUT2D eigenvalue weighted by atomic mass is 16.7. The molecule has 148 valence electrons. The van der Waals surface area contributed by atoms with Crippen LogP contribution in [-0.4, -0.2) is 64.2 Å². The Labute approximate surface area is 155 Å². The number of carbonyl (C=O) groups excluding carboxylic acids is 2. The smallest absolute Gasteiger partial charge is 0.437 e. The molecule has 0 bridgehead atoms. The average molecular weight is 381 g/mol. The number of anilines is 1. The van der Waals surface area contributed by atoms with Gasteiger partial charge < -0.3 is 25.4 Å². The lowest BCUT2D eigenvalue weighted by molar-refractivity contribution is -0.127. The highest BCUT2D eigenvalue weighted by molar-refractivity contribution is 5.90. The molecule has 5 N–H and O–H groups in total. The molecule has 27 heavy (non-hydrogen) atoms. The van der Waals surface area contributed by atoms with Crippen LogP contribution in [0.4, 0.5) is 10.5 Å². The molecule has 10 nitrogen and oxygen atoms in total. The van der Waals surface area contributed by atoms with Gasteiger partial charge in [-0.3, -0.25) is 14.9 Å². The van der Waals surface area contributed by atoms with Crippen LogP contribution >= 0.6 is 0 Å². The van der Waals surface area contributed by atoms with Gasteiger partial charge in [-0.25, -0.2) is 4.79 Å². The highest BCUT2D eigenvalue weighted by Crippen LogP contribution is 2.18. The summed E-state index contributed by atoms with van der Waals surface area (Å²) in [6, 6.07) is 7.26. The second kappa shape index (κ2) is 9.86. The van der Waals surface area contributed by atoms with E-state index in [1.54, 1.807) is 37.3 Å². The van der Waals surface area contributed by atoms with E-state index in [1.165, 1.54) is 0 Å². The molecule has 1 heterocycles. The van der Waals surface area contributed by atoms with Crippen LogP contribution in [-0.2, 0) is 14.4 Å². The number of aliphatic hydroxyl groups is 3. The molecule has 2 amide bonds. The lowest BCUT2D eigenvalue weighted by atomic mass is 9.97. The van der Waals surface area contributed by atoms with Gasteiger partial charge in [0, 0.05) is 12.1 Å². The Kier molecular flexibility index (Phi) is 7.53. The normalized spacial score (nSPS) is 26.1. The zero-order valence-corrected chi connectivity index (χ0v) is 14.7. The SMILES string of the molecule is CCCC(=O)N[C@H]1/C(=N/OC(=O)Nc2ccccc2)O[C@H](CO)[C@@H](O)[C@@H]1O. The summed E-state index contributed by atoms with van der Waals surface area (Å²) in [4.78, 5) is 28.4. The minimum atomic E-state index is -1.50. The van der Waals surface area contributed by atoms with Crippen molar-refractivity contribution >= 4 is 23.6 Å². The molecule has 2 rings (SSSR count). The largest absolute Gasteiger partial charge is 0.468 e. The quantitative estimate of drug-likeness (QED) is 0.342. The lowest BCUT2D eigenvalue weighted by Gasteiger charge is -2.37. The van der Waals surface area contributed by atoms with Crippen molar-refractivity contribution in [2.24, 2.45) is 5.16 Å². The fourth-order valence-corrected chi connectivity index (χ4v) is 2.45. The summed E-state index contributed by atoms with van der Waals surface area (Å²) in [5.74, 6) is -0.735. The summed E-state index contributed by atoms with van der Waals surface area (Å²) in [5.41, 5.74) is 0.476. The first-order valence-electron chi connectivity index (χ1n) is 8.50. The van der Waals surface area contributed by atoms with Crippen molar-refractivity contribution in [3.05, 3.63) is 30.3 Å². The minimum absolute atomic E-state index is 0.186. The van der Waals surface area contributed by atoms with Crippen molar-refractivity contribution in [3.8, 4) is 0 Å². The molecule has 10 heteroatoms. The second-order valence-electron chi connectivity index (χ2n) is 5.91.